The molecule has 0 atom stereocenters. The van der Waals surface area contributed by atoms with Gasteiger partial charge in [-0.2, -0.15) is 0 Å². The summed E-state index contributed by atoms with van der Waals surface area (Å²) in [6, 6.07) is 42.6. The predicted octanol–water partition coefficient (Wildman–Crippen LogP) is 9.45. The maximum atomic E-state index is 2.51. The van der Waals surface area contributed by atoms with Crippen LogP contribution in [-0.4, -0.2) is 0 Å². The summed E-state index contributed by atoms with van der Waals surface area (Å²) in [4.78, 5) is 0. The molecule has 7 aromatic carbocycles. The Bertz CT molecular complexity index is 2430. The van der Waals surface area contributed by atoms with Gasteiger partial charge in [-0.05, 0) is 117 Å². The molecule has 0 saturated heterocycles. The van der Waals surface area contributed by atoms with Crippen molar-refractivity contribution in [3.8, 4) is 0 Å². The summed E-state index contributed by atoms with van der Waals surface area (Å²) >= 11 is 0. The normalized spacial score (nSPS) is 15.7. The van der Waals surface area contributed by atoms with Crippen molar-refractivity contribution in [1.29, 1.82) is 0 Å². The average molecular weight is 521 g/mol. The number of allylic oxidation sites excluding steroid dienone is 4. The van der Waals surface area contributed by atoms with Gasteiger partial charge in [0.15, 0.2) is 0 Å². The Morgan fingerprint density at radius 2 is 0.927 bits per heavy atom. The molecule has 9 rings (SSSR count). The molecule has 0 N–H and O–H groups in total. The van der Waals surface area contributed by atoms with Gasteiger partial charge in [0.1, 0.15) is 0 Å². The third-order valence-electron chi connectivity index (χ3n) is 9.31. The highest BCUT2D eigenvalue weighted by atomic mass is 14.3. The summed E-state index contributed by atoms with van der Waals surface area (Å²) in [7, 11) is 0. The smallest absolute Gasteiger partial charge is 0.00966 e. The zero-order valence-electron chi connectivity index (χ0n) is 23.2. The zero-order valence-corrected chi connectivity index (χ0v) is 23.2. The lowest BCUT2D eigenvalue weighted by molar-refractivity contribution is 0.647. The van der Waals surface area contributed by atoms with E-state index in [0.717, 1.165) is 0 Å². The number of fused-ring (bicyclic) bond motifs is 10. The Labute approximate surface area is 238 Å². The van der Waals surface area contributed by atoms with E-state index in [2.05, 4.69) is 147 Å². The zero-order chi connectivity index (χ0) is 27.3. The van der Waals surface area contributed by atoms with Gasteiger partial charge < -0.3 is 0 Å². The fourth-order valence-corrected chi connectivity index (χ4v) is 7.67. The number of hydrogen-bond acceptors (Lipinski definition) is 0. The van der Waals surface area contributed by atoms with Gasteiger partial charge in [0.05, 0.1) is 0 Å². The molecule has 0 unspecified atom stereocenters. The highest BCUT2D eigenvalue weighted by Crippen LogP contribution is 2.46. The van der Waals surface area contributed by atoms with Crippen LogP contribution in [-0.2, 0) is 0 Å². The molecule has 0 fully saturated rings. The molecule has 0 saturated carbocycles. The summed E-state index contributed by atoms with van der Waals surface area (Å²) in [5.41, 5.74) is 5.29. The molecule has 0 spiro atoms. The fourth-order valence-electron chi connectivity index (χ4n) is 7.67. The number of benzene rings is 7. The third kappa shape index (κ3) is 3.16. The maximum Gasteiger partial charge on any atom is 0.00966 e. The van der Waals surface area contributed by atoms with Crippen molar-refractivity contribution in [2.75, 3.05) is 0 Å². The van der Waals surface area contributed by atoms with E-state index in [0.29, 0.717) is 0 Å². The first kappa shape index (κ1) is 22.8. The summed E-state index contributed by atoms with van der Waals surface area (Å²) in [6.45, 7) is 4.77. The van der Waals surface area contributed by atoms with Gasteiger partial charge in [-0.3, -0.25) is 0 Å². The van der Waals surface area contributed by atoms with Crippen LogP contribution in [0.4, 0.5) is 0 Å². The third-order valence-corrected chi connectivity index (χ3v) is 9.31. The molecule has 0 amide bonds. The summed E-state index contributed by atoms with van der Waals surface area (Å²) in [6.07, 6.45) is 7.37. The van der Waals surface area contributed by atoms with E-state index in [-0.39, 0.29) is 5.41 Å². The Morgan fingerprint density at radius 1 is 0.439 bits per heavy atom. The molecule has 192 valence electrons. The molecule has 7 aromatic rings. The SMILES string of the molecule is CC1(C)C=C(c2c3ccccc3cc3ccccc23)C=C2C=c3cc4c5ccccc5c5ccccc5c4cc3=C21. The highest BCUT2D eigenvalue weighted by molar-refractivity contribution is 6.25. The summed E-state index contributed by atoms with van der Waals surface area (Å²) in [5.74, 6) is 0. The monoisotopic (exact) mass is 520 g/mol. The quantitative estimate of drug-likeness (QED) is 0.149. The minimum Gasteiger partial charge on any atom is -0.0665 e. The molecule has 0 bridgehead atoms. The van der Waals surface area contributed by atoms with E-state index in [1.54, 1.807) is 0 Å². The number of rotatable bonds is 1. The Morgan fingerprint density at radius 3 is 1.51 bits per heavy atom. The van der Waals surface area contributed by atoms with E-state index >= 15 is 0 Å². The van der Waals surface area contributed by atoms with Gasteiger partial charge in [-0.25, -0.2) is 0 Å². The summed E-state index contributed by atoms with van der Waals surface area (Å²) in [5, 5.41) is 15.9. The van der Waals surface area contributed by atoms with Crippen molar-refractivity contribution >= 4 is 71.1 Å². The van der Waals surface area contributed by atoms with Crippen LogP contribution in [0.3, 0.4) is 0 Å². The molecule has 0 radical (unpaired) electrons. The van der Waals surface area contributed by atoms with E-state index in [4.69, 9.17) is 0 Å². The lowest BCUT2D eigenvalue weighted by Gasteiger charge is -2.30. The van der Waals surface area contributed by atoms with Gasteiger partial charge in [0.2, 0.25) is 0 Å². The van der Waals surface area contributed by atoms with Crippen LogP contribution in [0, 0.1) is 5.41 Å². The van der Waals surface area contributed by atoms with Gasteiger partial charge in [-0.15, -0.1) is 0 Å². The van der Waals surface area contributed by atoms with Crippen LogP contribution in [0.15, 0.2) is 133 Å². The van der Waals surface area contributed by atoms with Crippen LogP contribution < -0.4 is 10.4 Å². The first-order valence-corrected chi connectivity index (χ1v) is 14.5. The van der Waals surface area contributed by atoms with E-state index in [1.165, 1.54) is 86.6 Å². The molecule has 0 aromatic heterocycles. The molecule has 0 heteroatoms. The second kappa shape index (κ2) is 8.05. The van der Waals surface area contributed by atoms with Gasteiger partial charge >= 0.3 is 0 Å². The molecule has 0 heterocycles. The van der Waals surface area contributed by atoms with Crippen molar-refractivity contribution in [3.63, 3.8) is 0 Å². The second-order valence-electron chi connectivity index (χ2n) is 12.2. The Balaban J connectivity index is 1.37. The van der Waals surface area contributed by atoms with Crippen LogP contribution >= 0.6 is 0 Å². The molecule has 0 nitrogen and oxygen atoms in total. The first-order chi connectivity index (χ1) is 20.1. The lowest BCUT2D eigenvalue weighted by Crippen LogP contribution is -2.28. The average Bonchev–Trinajstić information content (AvgIpc) is 3.37. The van der Waals surface area contributed by atoms with Crippen LogP contribution in [0.5, 0.6) is 0 Å². The van der Waals surface area contributed by atoms with Crippen LogP contribution in [0.25, 0.3) is 71.1 Å². The van der Waals surface area contributed by atoms with Crippen molar-refractivity contribution in [2.24, 2.45) is 5.41 Å². The highest BCUT2D eigenvalue weighted by Gasteiger charge is 2.31. The first-order valence-electron chi connectivity index (χ1n) is 14.5. The molecular formula is C41H28. The van der Waals surface area contributed by atoms with E-state index in [1.807, 2.05) is 0 Å². The molecule has 2 aliphatic carbocycles. The van der Waals surface area contributed by atoms with Gasteiger partial charge in [-0.1, -0.05) is 117 Å². The Kier molecular flexibility index (Phi) is 4.49. The minimum absolute atomic E-state index is 0.125. The standard InChI is InChI=1S/C41H28/c1-41(2)24-29(39-30-13-5-3-11-25(30)19-26-12-4-6-14-31(26)39)21-28-20-27-22-37-34-17-9-7-15-32(34)33-16-8-10-18-35(33)38(37)23-36(27)40(28)41/h3-24H,1-2H3. The molecule has 41 heavy (non-hydrogen) atoms. The lowest BCUT2D eigenvalue weighted by atomic mass is 9.73. The van der Waals surface area contributed by atoms with Crippen molar-refractivity contribution in [1.82, 2.24) is 0 Å². The van der Waals surface area contributed by atoms with E-state index in [9.17, 15) is 0 Å². The van der Waals surface area contributed by atoms with Gasteiger partial charge in [0, 0.05) is 5.41 Å². The topological polar surface area (TPSA) is 0 Å². The van der Waals surface area contributed by atoms with Crippen LogP contribution in [0.2, 0.25) is 0 Å². The minimum atomic E-state index is -0.125. The van der Waals surface area contributed by atoms with Crippen molar-refractivity contribution in [3.05, 3.63) is 149 Å². The molecule has 0 aliphatic heterocycles. The van der Waals surface area contributed by atoms with Gasteiger partial charge in [0.25, 0.3) is 0 Å². The van der Waals surface area contributed by atoms with Crippen molar-refractivity contribution < 1.29 is 0 Å². The van der Waals surface area contributed by atoms with Crippen LogP contribution in [0.1, 0.15) is 19.4 Å². The second-order valence-corrected chi connectivity index (χ2v) is 12.2. The Hall–Kier alpha value is -4.94. The maximum absolute atomic E-state index is 2.51. The fraction of sp³-hybridized carbons (Fsp3) is 0.0732. The largest absolute Gasteiger partial charge is 0.0665 e. The summed E-state index contributed by atoms with van der Waals surface area (Å²) < 4.78 is 0. The number of hydrogen-bond donors (Lipinski definition) is 0. The predicted molar refractivity (Wildman–Crippen MR) is 177 cm³/mol. The molecular weight excluding hydrogens is 492 g/mol. The van der Waals surface area contributed by atoms with E-state index < -0.39 is 0 Å². The van der Waals surface area contributed by atoms with Crippen molar-refractivity contribution in [2.45, 2.75) is 13.8 Å². The molecule has 2 aliphatic rings.